The fourth-order valence-electron chi connectivity index (χ4n) is 3.87. The first-order valence-corrected chi connectivity index (χ1v) is 7.84. The van der Waals surface area contributed by atoms with Crippen LogP contribution in [0.25, 0.3) is 0 Å². The lowest BCUT2D eigenvalue weighted by atomic mass is 9.93. The highest BCUT2D eigenvalue weighted by molar-refractivity contribution is 5.53. The van der Waals surface area contributed by atoms with Gasteiger partial charge in [0.05, 0.1) is 0 Å². The van der Waals surface area contributed by atoms with Crippen LogP contribution in [0.2, 0.25) is 0 Å². The maximum atomic E-state index is 3.59. The SMILES string of the molecule is CC1CN(CC2CNc3ccccc3C2)CC1N(C)C. The van der Waals surface area contributed by atoms with Gasteiger partial charge in [0.15, 0.2) is 0 Å². The minimum Gasteiger partial charge on any atom is -0.384 e. The van der Waals surface area contributed by atoms with Gasteiger partial charge in [-0.05, 0) is 44.0 Å². The van der Waals surface area contributed by atoms with Crippen molar-refractivity contribution in [2.45, 2.75) is 19.4 Å². The number of benzene rings is 1. The van der Waals surface area contributed by atoms with Crippen molar-refractivity contribution in [3.8, 4) is 0 Å². The highest BCUT2D eigenvalue weighted by Gasteiger charge is 2.32. The van der Waals surface area contributed by atoms with Crippen LogP contribution >= 0.6 is 0 Å². The first-order chi connectivity index (χ1) is 9.63. The van der Waals surface area contributed by atoms with E-state index in [0.29, 0.717) is 0 Å². The van der Waals surface area contributed by atoms with Crippen molar-refractivity contribution in [3.05, 3.63) is 29.8 Å². The minimum absolute atomic E-state index is 0.721. The molecule has 3 rings (SSSR count). The number of nitrogens with one attached hydrogen (secondary N) is 1. The standard InChI is InChI=1S/C17H27N3/c1-13-10-20(12-17(13)19(2)3)11-14-8-15-6-4-5-7-16(15)18-9-14/h4-7,13-14,17-18H,8-12H2,1-3H3. The molecule has 0 spiro atoms. The molecule has 1 aromatic carbocycles. The average molecular weight is 273 g/mol. The Labute approximate surface area is 123 Å². The number of hydrogen-bond acceptors (Lipinski definition) is 3. The number of likely N-dealkylation sites (N-methyl/N-ethyl adjacent to an activating group) is 1. The molecule has 3 atom stereocenters. The molecule has 3 nitrogen and oxygen atoms in total. The third kappa shape index (κ3) is 2.84. The van der Waals surface area contributed by atoms with Crippen LogP contribution < -0.4 is 5.32 Å². The molecular formula is C17H27N3. The highest BCUT2D eigenvalue weighted by atomic mass is 15.2. The Bertz CT molecular complexity index is 457. The second-order valence-electron chi connectivity index (χ2n) is 6.83. The van der Waals surface area contributed by atoms with Crippen LogP contribution in [-0.4, -0.2) is 56.1 Å². The molecule has 20 heavy (non-hydrogen) atoms. The smallest absolute Gasteiger partial charge is 0.0372 e. The van der Waals surface area contributed by atoms with Gasteiger partial charge in [-0.3, -0.25) is 0 Å². The predicted octanol–water partition coefficient (Wildman–Crippen LogP) is 2.15. The van der Waals surface area contributed by atoms with Gasteiger partial charge in [-0.25, -0.2) is 0 Å². The fourth-order valence-corrected chi connectivity index (χ4v) is 3.87. The summed E-state index contributed by atoms with van der Waals surface area (Å²) in [5.41, 5.74) is 2.82. The number of para-hydroxylation sites is 1. The molecule has 1 aromatic rings. The van der Waals surface area contributed by atoms with E-state index in [-0.39, 0.29) is 0 Å². The zero-order valence-corrected chi connectivity index (χ0v) is 13.0. The molecule has 3 unspecified atom stereocenters. The molecule has 1 saturated heterocycles. The largest absolute Gasteiger partial charge is 0.384 e. The maximum absolute atomic E-state index is 3.59. The van der Waals surface area contributed by atoms with Crippen LogP contribution in [0.1, 0.15) is 12.5 Å². The van der Waals surface area contributed by atoms with Gasteiger partial charge in [0.1, 0.15) is 0 Å². The second kappa shape index (κ2) is 5.74. The lowest BCUT2D eigenvalue weighted by molar-refractivity contribution is 0.238. The zero-order chi connectivity index (χ0) is 14.1. The van der Waals surface area contributed by atoms with E-state index in [0.717, 1.165) is 24.4 Å². The van der Waals surface area contributed by atoms with Gasteiger partial charge < -0.3 is 15.1 Å². The van der Waals surface area contributed by atoms with Crippen LogP contribution in [0.5, 0.6) is 0 Å². The van der Waals surface area contributed by atoms with Crippen molar-refractivity contribution in [2.24, 2.45) is 11.8 Å². The Hall–Kier alpha value is -1.06. The van der Waals surface area contributed by atoms with Gasteiger partial charge in [-0.1, -0.05) is 25.1 Å². The molecule has 3 heteroatoms. The first-order valence-electron chi connectivity index (χ1n) is 7.84. The van der Waals surface area contributed by atoms with Crippen LogP contribution in [0, 0.1) is 11.8 Å². The topological polar surface area (TPSA) is 18.5 Å². The summed E-state index contributed by atoms with van der Waals surface area (Å²) in [5.74, 6) is 1.53. The molecule has 0 radical (unpaired) electrons. The molecule has 1 fully saturated rings. The molecule has 0 saturated carbocycles. The van der Waals surface area contributed by atoms with Gasteiger partial charge >= 0.3 is 0 Å². The van der Waals surface area contributed by atoms with E-state index in [1.54, 1.807) is 0 Å². The summed E-state index contributed by atoms with van der Waals surface area (Å²) in [6, 6.07) is 9.47. The fraction of sp³-hybridized carbons (Fsp3) is 0.647. The molecule has 0 aromatic heterocycles. The number of rotatable bonds is 3. The summed E-state index contributed by atoms with van der Waals surface area (Å²) >= 11 is 0. The van der Waals surface area contributed by atoms with Crippen molar-refractivity contribution >= 4 is 5.69 Å². The Balaban J connectivity index is 1.58. The highest BCUT2D eigenvalue weighted by Crippen LogP contribution is 2.27. The second-order valence-corrected chi connectivity index (χ2v) is 6.83. The maximum Gasteiger partial charge on any atom is 0.0372 e. The van der Waals surface area contributed by atoms with Gasteiger partial charge in [-0.2, -0.15) is 0 Å². The summed E-state index contributed by atoms with van der Waals surface area (Å²) < 4.78 is 0. The van der Waals surface area contributed by atoms with Gasteiger partial charge in [-0.15, -0.1) is 0 Å². The van der Waals surface area contributed by atoms with Crippen molar-refractivity contribution in [1.82, 2.24) is 9.80 Å². The Morgan fingerprint density at radius 3 is 2.80 bits per heavy atom. The van der Waals surface area contributed by atoms with Crippen molar-refractivity contribution in [3.63, 3.8) is 0 Å². The van der Waals surface area contributed by atoms with Crippen LogP contribution in [0.3, 0.4) is 0 Å². The molecule has 0 aliphatic carbocycles. The molecule has 0 amide bonds. The number of nitrogens with zero attached hydrogens (tertiary/aromatic N) is 2. The van der Waals surface area contributed by atoms with E-state index in [2.05, 4.69) is 60.4 Å². The molecule has 2 aliphatic heterocycles. The third-order valence-electron chi connectivity index (χ3n) is 4.94. The van der Waals surface area contributed by atoms with Crippen LogP contribution in [-0.2, 0) is 6.42 Å². The normalized spacial score (nSPS) is 30.3. The van der Waals surface area contributed by atoms with E-state index in [9.17, 15) is 0 Å². The minimum atomic E-state index is 0.721. The van der Waals surface area contributed by atoms with Crippen LogP contribution in [0.15, 0.2) is 24.3 Å². The van der Waals surface area contributed by atoms with E-state index < -0.39 is 0 Å². The summed E-state index contributed by atoms with van der Waals surface area (Å²) in [6.07, 6.45) is 1.22. The van der Waals surface area contributed by atoms with Gasteiger partial charge in [0.2, 0.25) is 0 Å². The molecule has 2 aliphatic rings. The quantitative estimate of drug-likeness (QED) is 0.910. The Kier molecular flexibility index (Phi) is 3.99. The van der Waals surface area contributed by atoms with Crippen molar-refractivity contribution < 1.29 is 0 Å². The number of likely N-dealkylation sites (tertiary alicyclic amines) is 1. The molecule has 110 valence electrons. The Morgan fingerprint density at radius 2 is 2.05 bits per heavy atom. The van der Waals surface area contributed by atoms with E-state index in [1.807, 2.05) is 0 Å². The zero-order valence-electron chi connectivity index (χ0n) is 13.0. The van der Waals surface area contributed by atoms with E-state index >= 15 is 0 Å². The van der Waals surface area contributed by atoms with Crippen molar-refractivity contribution in [2.75, 3.05) is 45.6 Å². The van der Waals surface area contributed by atoms with Gasteiger partial charge in [0, 0.05) is 37.9 Å². The molecular weight excluding hydrogens is 246 g/mol. The van der Waals surface area contributed by atoms with Crippen molar-refractivity contribution in [1.29, 1.82) is 0 Å². The summed E-state index contributed by atoms with van der Waals surface area (Å²) in [6.45, 7) is 7.22. The van der Waals surface area contributed by atoms with E-state index in [4.69, 9.17) is 0 Å². The van der Waals surface area contributed by atoms with Crippen LogP contribution in [0.4, 0.5) is 5.69 Å². The first kappa shape index (κ1) is 13.9. The monoisotopic (exact) mass is 273 g/mol. The van der Waals surface area contributed by atoms with E-state index in [1.165, 1.54) is 37.3 Å². The lowest BCUT2D eigenvalue weighted by Crippen LogP contribution is -2.37. The lowest BCUT2D eigenvalue weighted by Gasteiger charge is -2.30. The molecule has 1 N–H and O–H groups in total. The number of anilines is 1. The average Bonchev–Trinajstić information content (AvgIpc) is 2.79. The van der Waals surface area contributed by atoms with Gasteiger partial charge in [0.25, 0.3) is 0 Å². The molecule has 2 heterocycles. The summed E-state index contributed by atoms with van der Waals surface area (Å²) in [5, 5.41) is 3.59. The predicted molar refractivity (Wildman–Crippen MR) is 85.2 cm³/mol. The Morgan fingerprint density at radius 1 is 1.25 bits per heavy atom. The number of hydrogen-bond donors (Lipinski definition) is 1. The summed E-state index contributed by atoms with van der Waals surface area (Å²) in [4.78, 5) is 5.05. The summed E-state index contributed by atoms with van der Waals surface area (Å²) in [7, 11) is 4.42. The number of fused-ring (bicyclic) bond motifs is 1. The third-order valence-corrected chi connectivity index (χ3v) is 4.94. The molecule has 0 bridgehead atoms.